The standard InChI is InChI=1S/C2H3NO2S/c4-3(5)1-2-6/h2H,1H2. The third-order valence-electron chi connectivity index (χ3n) is 0.224. The number of thiocarbonyl (C=S) groups is 1. The van der Waals surface area contributed by atoms with Crippen molar-refractivity contribution in [3.8, 4) is 0 Å². The van der Waals surface area contributed by atoms with Crippen LogP contribution in [0.1, 0.15) is 0 Å². The molecule has 0 fully saturated rings. The highest BCUT2D eigenvalue weighted by molar-refractivity contribution is 7.79. The summed E-state index contributed by atoms with van der Waals surface area (Å²) in [7, 11) is 0. The van der Waals surface area contributed by atoms with E-state index in [-0.39, 0.29) is 6.54 Å². The van der Waals surface area contributed by atoms with Gasteiger partial charge in [0.2, 0.25) is 6.54 Å². The first-order valence-corrected chi connectivity index (χ1v) is 1.80. The van der Waals surface area contributed by atoms with Gasteiger partial charge in [-0.25, -0.2) is 0 Å². The van der Waals surface area contributed by atoms with E-state index in [4.69, 9.17) is 0 Å². The van der Waals surface area contributed by atoms with Crippen LogP contribution in [0.2, 0.25) is 0 Å². The van der Waals surface area contributed by atoms with Gasteiger partial charge in [0.25, 0.3) is 0 Å². The lowest BCUT2D eigenvalue weighted by atomic mass is 10.8. The molecule has 0 amide bonds. The van der Waals surface area contributed by atoms with E-state index in [1.807, 2.05) is 0 Å². The molecule has 6 heavy (non-hydrogen) atoms. The van der Waals surface area contributed by atoms with Crippen LogP contribution in [0.4, 0.5) is 0 Å². The Morgan fingerprint density at radius 3 is 2.50 bits per heavy atom. The summed E-state index contributed by atoms with van der Waals surface area (Å²) < 4.78 is 0. The van der Waals surface area contributed by atoms with Crippen LogP contribution in [-0.2, 0) is 0 Å². The van der Waals surface area contributed by atoms with Crippen molar-refractivity contribution in [2.24, 2.45) is 0 Å². The maximum Gasteiger partial charge on any atom is 0.232 e. The molecule has 0 saturated heterocycles. The van der Waals surface area contributed by atoms with Gasteiger partial charge < -0.3 is 0 Å². The maximum absolute atomic E-state index is 9.31. The molecule has 0 bridgehead atoms. The molecule has 0 heterocycles. The molecule has 0 saturated carbocycles. The smallest absolute Gasteiger partial charge is 0.232 e. The van der Waals surface area contributed by atoms with E-state index >= 15 is 0 Å². The SMILES string of the molecule is O=[N+]([O-])CC=S. The van der Waals surface area contributed by atoms with Crippen LogP contribution in [0.5, 0.6) is 0 Å². The Hall–Kier alpha value is -0.510. The highest BCUT2D eigenvalue weighted by atomic mass is 32.1. The summed E-state index contributed by atoms with van der Waals surface area (Å²) >= 11 is 4.16. The molecule has 34 valence electrons. The quantitative estimate of drug-likeness (QED) is 0.287. The minimum atomic E-state index is -0.479. The fraction of sp³-hybridized carbons (Fsp3) is 0.500. The van der Waals surface area contributed by atoms with E-state index in [1.54, 1.807) is 0 Å². The first-order valence-electron chi connectivity index (χ1n) is 1.33. The zero-order valence-electron chi connectivity index (χ0n) is 2.96. The summed E-state index contributed by atoms with van der Waals surface area (Å²) in [5.74, 6) is 0. The first-order chi connectivity index (χ1) is 2.77. The van der Waals surface area contributed by atoms with Gasteiger partial charge in [-0.05, 0) is 0 Å². The molecule has 0 aromatic carbocycles. The third kappa shape index (κ3) is 3.49. The van der Waals surface area contributed by atoms with Crippen LogP contribution in [0.15, 0.2) is 0 Å². The van der Waals surface area contributed by atoms with Crippen molar-refractivity contribution in [2.75, 3.05) is 6.54 Å². The van der Waals surface area contributed by atoms with Crippen LogP contribution < -0.4 is 0 Å². The van der Waals surface area contributed by atoms with Crippen LogP contribution in [0.3, 0.4) is 0 Å². The molecule has 3 nitrogen and oxygen atoms in total. The van der Waals surface area contributed by atoms with Gasteiger partial charge in [-0.3, -0.25) is 10.1 Å². The van der Waals surface area contributed by atoms with E-state index in [2.05, 4.69) is 12.2 Å². The first kappa shape index (κ1) is 5.49. The number of hydrogen-bond donors (Lipinski definition) is 0. The van der Waals surface area contributed by atoms with Gasteiger partial charge in [0.15, 0.2) is 0 Å². The van der Waals surface area contributed by atoms with Crippen molar-refractivity contribution in [3.63, 3.8) is 0 Å². The molecular formula is C2H3NO2S. The van der Waals surface area contributed by atoms with Gasteiger partial charge in [-0.1, -0.05) is 12.2 Å². The molecular weight excluding hydrogens is 102 g/mol. The van der Waals surface area contributed by atoms with Crippen LogP contribution in [0, 0.1) is 10.1 Å². The molecule has 0 atom stereocenters. The fourth-order valence-corrected chi connectivity index (χ4v) is 0.183. The van der Waals surface area contributed by atoms with Gasteiger partial charge in [-0.2, -0.15) is 0 Å². The van der Waals surface area contributed by atoms with E-state index in [9.17, 15) is 10.1 Å². The largest absolute Gasteiger partial charge is 0.264 e. The number of hydrogen-bond acceptors (Lipinski definition) is 3. The summed E-state index contributed by atoms with van der Waals surface area (Å²) in [4.78, 5) is 8.83. The Morgan fingerprint density at radius 1 is 2.00 bits per heavy atom. The fourth-order valence-electron chi connectivity index (χ4n) is 0.0609. The molecule has 0 rings (SSSR count). The zero-order chi connectivity index (χ0) is 4.99. The Bertz CT molecular complexity index is 71.9. The Kier molecular flexibility index (Phi) is 2.48. The van der Waals surface area contributed by atoms with Gasteiger partial charge in [0.1, 0.15) is 0 Å². The minimum Gasteiger partial charge on any atom is -0.264 e. The molecule has 0 aliphatic carbocycles. The van der Waals surface area contributed by atoms with Crippen molar-refractivity contribution in [3.05, 3.63) is 10.1 Å². The second-order valence-electron chi connectivity index (χ2n) is 0.682. The average molecular weight is 105 g/mol. The lowest BCUT2D eigenvalue weighted by Crippen LogP contribution is -1.98. The van der Waals surface area contributed by atoms with Gasteiger partial charge in [0.05, 0.1) is 0 Å². The molecule has 4 heteroatoms. The van der Waals surface area contributed by atoms with Gasteiger partial charge in [-0.15, -0.1) is 0 Å². The molecule has 0 aromatic heterocycles. The van der Waals surface area contributed by atoms with E-state index in [0.29, 0.717) is 0 Å². The van der Waals surface area contributed by atoms with Crippen molar-refractivity contribution in [1.29, 1.82) is 0 Å². The minimum absolute atomic E-state index is 0.213. The highest BCUT2D eigenvalue weighted by Crippen LogP contribution is 1.59. The van der Waals surface area contributed by atoms with E-state index in [0.717, 1.165) is 5.37 Å². The Morgan fingerprint density at radius 2 is 2.50 bits per heavy atom. The molecule has 0 aromatic rings. The van der Waals surface area contributed by atoms with Crippen molar-refractivity contribution < 1.29 is 4.92 Å². The van der Waals surface area contributed by atoms with E-state index in [1.165, 1.54) is 0 Å². The molecule has 0 aliphatic rings. The summed E-state index contributed by atoms with van der Waals surface area (Å²) in [6.45, 7) is -0.213. The molecule has 0 aliphatic heterocycles. The molecule has 0 radical (unpaired) electrons. The third-order valence-corrected chi connectivity index (χ3v) is 0.373. The average Bonchev–Trinajstić information content (AvgIpc) is 1.35. The normalized spacial score (nSPS) is 7.33. The number of nitrogens with zero attached hydrogens (tertiary/aromatic N) is 1. The molecule has 0 spiro atoms. The number of nitro groups is 1. The zero-order valence-corrected chi connectivity index (χ0v) is 3.77. The lowest BCUT2D eigenvalue weighted by molar-refractivity contribution is -0.461. The van der Waals surface area contributed by atoms with Crippen molar-refractivity contribution in [1.82, 2.24) is 0 Å². The summed E-state index contributed by atoms with van der Waals surface area (Å²) in [5.41, 5.74) is 0. The summed E-state index contributed by atoms with van der Waals surface area (Å²) in [6.07, 6.45) is 0. The van der Waals surface area contributed by atoms with Gasteiger partial charge >= 0.3 is 0 Å². The summed E-state index contributed by atoms with van der Waals surface area (Å²) in [5, 5.41) is 10.4. The van der Waals surface area contributed by atoms with Crippen LogP contribution in [0.25, 0.3) is 0 Å². The second kappa shape index (κ2) is 2.71. The molecule has 0 unspecified atom stereocenters. The van der Waals surface area contributed by atoms with Gasteiger partial charge in [0, 0.05) is 10.3 Å². The second-order valence-corrected chi connectivity index (χ2v) is 1.02. The topological polar surface area (TPSA) is 43.1 Å². The predicted molar refractivity (Wildman–Crippen MR) is 25.5 cm³/mol. The maximum atomic E-state index is 9.31. The summed E-state index contributed by atoms with van der Waals surface area (Å²) in [6, 6.07) is 0. The Balaban J connectivity index is 3.05. The highest BCUT2D eigenvalue weighted by Gasteiger charge is 1.82. The Labute approximate surface area is 40.1 Å². The van der Waals surface area contributed by atoms with E-state index < -0.39 is 4.92 Å². The monoisotopic (exact) mass is 105 g/mol. The number of rotatable bonds is 2. The van der Waals surface area contributed by atoms with Crippen LogP contribution >= 0.6 is 12.2 Å². The predicted octanol–water partition coefficient (Wildman–Crippen LogP) is 0.263. The van der Waals surface area contributed by atoms with Crippen molar-refractivity contribution >= 4 is 17.6 Å². The van der Waals surface area contributed by atoms with Crippen molar-refractivity contribution in [2.45, 2.75) is 0 Å². The molecule has 0 N–H and O–H groups in total. The van der Waals surface area contributed by atoms with Crippen LogP contribution in [-0.4, -0.2) is 16.8 Å². The lowest BCUT2D eigenvalue weighted by Gasteiger charge is -1.75.